The maximum absolute atomic E-state index is 12.8. The Hall–Kier alpha value is -1.23. The molecule has 0 aromatic heterocycles. The van der Waals surface area contributed by atoms with Crippen LogP contribution >= 0.6 is 0 Å². The van der Waals surface area contributed by atoms with Gasteiger partial charge in [0, 0.05) is 17.5 Å². The number of alkyl halides is 3. The first kappa shape index (κ1) is 14.2. The second-order valence-corrected chi connectivity index (χ2v) is 5.10. The fourth-order valence-corrected chi connectivity index (χ4v) is 2.93. The van der Waals surface area contributed by atoms with Gasteiger partial charge in [-0.3, -0.25) is 0 Å². The molecule has 2 nitrogen and oxygen atoms in total. The predicted octanol–water partition coefficient (Wildman–Crippen LogP) is 3.48. The minimum atomic E-state index is -4.34. The number of methoxy groups -OCH3 is 1. The highest BCUT2D eigenvalue weighted by molar-refractivity contribution is 5.44. The largest absolute Gasteiger partial charge is 0.496 e. The number of halogens is 3. The van der Waals surface area contributed by atoms with E-state index in [1.165, 1.54) is 19.2 Å². The summed E-state index contributed by atoms with van der Waals surface area (Å²) in [5.74, 6) is 0.500. The molecule has 0 unspecified atom stereocenters. The number of nitrogens with two attached hydrogens (primary N) is 1. The topological polar surface area (TPSA) is 35.2 Å². The van der Waals surface area contributed by atoms with Crippen LogP contribution in [0.2, 0.25) is 0 Å². The average Bonchev–Trinajstić information content (AvgIpc) is 2.86. The molecule has 0 heterocycles. The van der Waals surface area contributed by atoms with Gasteiger partial charge >= 0.3 is 6.18 Å². The Kier molecular flexibility index (Phi) is 3.76. The van der Waals surface area contributed by atoms with Crippen molar-refractivity contribution >= 4 is 0 Å². The molecule has 2 rings (SSSR count). The molecule has 0 amide bonds. The summed E-state index contributed by atoms with van der Waals surface area (Å²) in [5.41, 5.74) is 5.44. The Balaban J connectivity index is 2.53. The Labute approximate surface area is 110 Å². The lowest BCUT2D eigenvalue weighted by Gasteiger charge is -2.30. The van der Waals surface area contributed by atoms with Crippen molar-refractivity contribution in [1.82, 2.24) is 0 Å². The molecule has 0 bridgehead atoms. The second kappa shape index (κ2) is 5.04. The standard InChI is InChI=1S/C14H18F3NO/c1-19-12-5-4-10(14(15,16)17)8-11(12)13(9-18)6-2-3-7-13/h4-5,8H,2-3,6-7,9,18H2,1H3. The van der Waals surface area contributed by atoms with E-state index in [0.29, 0.717) is 17.9 Å². The van der Waals surface area contributed by atoms with Crippen molar-refractivity contribution in [2.45, 2.75) is 37.3 Å². The van der Waals surface area contributed by atoms with Gasteiger partial charge in [-0.15, -0.1) is 0 Å². The van der Waals surface area contributed by atoms with E-state index in [0.717, 1.165) is 31.7 Å². The fraction of sp³-hybridized carbons (Fsp3) is 0.571. The number of hydrogen-bond acceptors (Lipinski definition) is 2. The van der Waals surface area contributed by atoms with Gasteiger partial charge in [-0.1, -0.05) is 12.8 Å². The monoisotopic (exact) mass is 273 g/mol. The third-order valence-electron chi connectivity index (χ3n) is 4.05. The van der Waals surface area contributed by atoms with E-state index in [4.69, 9.17) is 10.5 Å². The molecule has 5 heteroatoms. The quantitative estimate of drug-likeness (QED) is 0.915. The van der Waals surface area contributed by atoms with Gasteiger partial charge in [0.1, 0.15) is 5.75 Å². The van der Waals surface area contributed by atoms with Crippen LogP contribution in [0.5, 0.6) is 5.75 Å². The first-order chi connectivity index (χ1) is 8.93. The number of rotatable bonds is 3. The molecular weight excluding hydrogens is 255 g/mol. The second-order valence-electron chi connectivity index (χ2n) is 5.10. The average molecular weight is 273 g/mol. The SMILES string of the molecule is COc1ccc(C(F)(F)F)cc1C1(CN)CCCC1. The first-order valence-electron chi connectivity index (χ1n) is 6.39. The summed E-state index contributed by atoms with van der Waals surface area (Å²) in [4.78, 5) is 0. The molecule has 1 fully saturated rings. The van der Waals surface area contributed by atoms with Crippen molar-refractivity contribution in [3.63, 3.8) is 0 Å². The Morgan fingerprint density at radius 1 is 1.26 bits per heavy atom. The van der Waals surface area contributed by atoms with Gasteiger partial charge in [0.15, 0.2) is 0 Å². The molecule has 0 saturated heterocycles. The van der Waals surface area contributed by atoms with Crippen molar-refractivity contribution in [3.05, 3.63) is 29.3 Å². The third kappa shape index (κ3) is 2.56. The van der Waals surface area contributed by atoms with Gasteiger partial charge in [-0.2, -0.15) is 13.2 Å². The molecule has 1 aromatic rings. The molecule has 1 aromatic carbocycles. The summed E-state index contributed by atoms with van der Waals surface area (Å²) < 4.78 is 43.8. The van der Waals surface area contributed by atoms with Crippen molar-refractivity contribution in [2.75, 3.05) is 13.7 Å². The Morgan fingerprint density at radius 2 is 1.89 bits per heavy atom. The van der Waals surface area contributed by atoms with Crippen LogP contribution in [0.15, 0.2) is 18.2 Å². The van der Waals surface area contributed by atoms with E-state index in [1.807, 2.05) is 0 Å². The van der Waals surface area contributed by atoms with Gasteiger partial charge in [-0.25, -0.2) is 0 Å². The van der Waals surface area contributed by atoms with Crippen LogP contribution in [0.25, 0.3) is 0 Å². The predicted molar refractivity (Wildman–Crippen MR) is 67.2 cm³/mol. The molecule has 0 atom stereocenters. The number of hydrogen-bond donors (Lipinski definition) is 1. The highest BCUT2D eigenvalue weighted by atomic mass is 19.4. The molecule has 0 aliphatic heterocycles. The van der Waals surface area contributed by atoms with E-state index >= 15 is 0 Å². The lowest BCUT2D eigenvalue weighted by molar-refractivity contribution is -0.137. The molecule has 1 saturated carbocycles. The summed E-state index contributed by atoms with van der Waals surface area (Å²) in [6, 6.07) is 3.66. The van der Waals surface area contributed by atoms with Gasteiger partial charge in [-0.05, 0) is 31.0 Å². The van der Waals surface area contributed by atoms with E-state index < -0.39 is 11.7 Å². The smallest absolute Gasteiger partial charge is 0.416 e. The zero-order valence-electron chi connectivity index (χ0n) is 10.9. The van der Waals surface area contributed by atoms with Crippen molar-refractivity contribution in [3.8, 4) is 5.75 Å². The first-order valence-corrected chi connectivity index (χ1v) is 6.39. The maximum Gasteiger partial charge on any atom is 0.416 e. The van der Waals surface area contributed by atoms with Crippen LogP contribution in [-0.2, 0) is 11.6 Å². The lowest BCUT2D eigenvalue weighted by Crippen LogP contribution is -2.32. The van der Waals surface area contributed by atoms with Gasteiger partial charge < -0.3 is 10.5 Å². The molecule has 106 valence electrons. The van der Waals surface area contributed by atoms with Crippen LogP contribution in [0.3, 0.4) is 0 Å². The van der Waals surface area contributed by atoms with E-state index in [-0.39, 0.29) is 5.41 Å². The molecule has 1 aliphatic rings. The van der Waals surface area contributed by atoms with E-state index in [9.17, 15) is 13.2 Å². The highest BCUT2D eigenvalue weighted by Gasteiger charge is 2.39. The van der Waals surface area contributed by atoms with E-state index in [2.05, 4.69) is 0 Å². The summed E-state index contributed by atoms with van der Waals surface area (Å²) in [5, 5.41) is 0. The van der Waals surface area contributed by atoms with Crippen molar-refractivity contribution in [2.24, 2.45) is 5.73 Å². The zero-order chi connectivity index (χ0) is 14.1. The van der Waals surface area contributed by atoms with Crippen molar-refractivity contribution in [1.29, 1.82) is 0 Å². The van der Waals surface area contributed by atoms with Crippen LogP contribution in [-0.4, -0.2) is 13.7 Å². The minimum absolute atomic E-state index is 0.352. The summed E-state index contributed by atoms with van der Waals surface area (Å²) in [7, 11) is 1.48. The minimum Gasteiger partial charge on any atom is -0.496 e. The van der Waals surface area contributed by atoms with Gasteiger partial charge in [0.05, 0.1) is 12.7 Å². The maximum atomic E-state index is 12.8. The van der Waals surface area contributed by atoms with Crippen LogP contribution in [0.4, 0.5) is 13.2 Å². The van der Waals surface area contributed by atoms with Crippen molar-refractivity contribution < 1.29 is 17.9 Å². The Morgan fingerprint density at radius 3 is 2.37 bits per heavy atom. The van der Waals surface area contributed by atoms with Gasteiger partial charge in [0.25, 0.3) is 0 Å². The van der Waals surface area contributed by atoms with Crippen LogP contribution in [0.1, 0.15) is 36.8 Å². The molecular formula is C14H18F3NO. The normalized spacial score (nSPS) is 18.6. The summed E-state index contributed by atoms with van der Waals surface area (Å²) >= 11 is 0. The van der Waals surface area contributed by atoms with Crippen LogP contribution < -0.4 is 10.5 Å². The molecule has 0 spiro atoms. The van der Waals surface area contributed by atoms with Gasteiger partial charge in [0.2, 0.25) is 0 Å². The zero-order valence-corrected chi connectivity index (χ0v) is 10.9. The molecule has 2 N–H and O–H groups in total. The number of benzene rings is 1. The molecule has 1 aliphatic carbocycles. The van der Waals surface area contributed by atoms with E-state index in [1.54, 1.807) is 0 Å². The fourth-order valence-electron chi connectivity index (χ4n) is 2.93. The Bertz CT molecular complexity index is 450. The summed E-state index contributed by atoms with van der Waals surface area (Å²) in [6.45, 7) is 0.352. The molecule has 0 radical (unpaired) electrons. The highest BCUT2D eigenvalue weighted by Crippen LogP contribution is 2.45. The summed E-state index contributed by atoms with van der Waals surface area (Å²) in [6.07, 6.45) is -0.703. The lowest BCUT2D eigenvalue weighted by atomic mass is 9.78. The van der Waals surface area contributed by atoms with Crippen LogP contribution in [0, 0.1) is 0 Å². The third-order valence-corrected chi connectivity index (χ3v) is 4.05. The molecule has 19 heavy (non-hydrogen) atoms. The number of ether oxygens (including phenoxy) is 1.